The first-order valence-corrected chi connectivity index (χ1v) is 10.3. The smallest absolute Gasteiger partial charge is 0.435 e. The molecule has 1 amide bonds. The first-order chi connectivity index (χ1) is 15.0. The Morgan fingerprint density at radius 2 is 1.50 bits per heavy atom. The maximum Gasteiger partial charge on any atom is 0.501 e. The van der Waals surface area contributed by atoms with Crippen LogP contribution in [0.2, 0.25) is 0 Å². The van der Waals surface area contributed by atoms with Crippen LogP contribution < -0.4 is 10.1 Å². The van der Waals surface area contributed by atoms with Crippen molar-refractivity contribution in [3.8, 4) is 16.9 Å². The number of hydrogen-bond donors (Lipinski definition) is 1. The highest BCUT2D eigenvalue weighted by molar-refractivity contribution is 7.92. The Morgan fingerprint density at radius 3 is 2.06 bits per heavy atom. The van der Waals surface area contributed by atoms with E-state index in [1.807, 2.05) is 0 Å². The Balaban J connectivity index is 1.75. The first kappa shape index (κ1) is 23.2. The lowest BCUT2D eigenvalue weighted by molar-refractivity contribution is -0.0499. The maximum absolute atomic E-state index is 12.6. The summed E-state index contributed by atoms with van der Waals surface area (Å²) in [5.74, 6) is -0.607. The van der Waals surface area contributed by atoms with Crippen LogP contribution in [0.25, 0.3) is 11.1 Å². The molecule has 0 fully saturated rings. The molecule has 3 rings (SSSR count). The lowest BCUT2D eigenvalue weighted by Crippen LogP contribution is -2.23. The number of rotatable bonds is 6. The molecule has 1 N–H and O–H groups in total. The molecular formula is C21H14F5NO4S. The molecule has 0 aliphatic carbocycles. The minimum Gasteiger partial charge on any atom is -0.435 e. The highest BCUT2D eigenvalue weighted by atomic mass is 32.2. The lowest BCUT2D eigenvalue weighted by Gasteiger charge is -2.10. The van der Waals surface area contributed by atoms with Crippen LogP contribution in [0.1, 0.15) is 10.4 Å². The Bertz CT molecular complexity index is 1210. The molecule has 0 aliphatic rings. The van der Waals surface area contributed by atoms with Crippen molar-refractivity contribution in [1.82, 2.24) is 0 Å². The first-order valence-electron chi connectivity index (χ1n) is 8.85. The Kier molecular flexibility index (Phi) is 6.49. The van der Waals surface area contributed by atoms with Crippen molar-refractivity contribution in [3.05, 3.63) is 78.4 Å². The molecule has 0 radical (unpaired) electrons. The standard InChI is InChI=1S/C21H14F5NO4S/c22-20(23)31-17-8-4-13(5-9-17)14-2-1-3-15(12-14)19(28)27-16-6-10-18(11-7-16)32(29,30)21(24,25)26/h1-12,20H,(H,27,28). The second-order valence-electron chi connectivity index (χ2n) is 6.41. The quantitative estimate of drug-likeness (QED) is 0.482. The van der Waals surface area contributed by atoms with E-state index in [9.17, 15) is 35.2 Å². The van der Waals surface area contributed by atoms with Crippen LogP contribution in [0.3, 0.4) is 0 Å². The van der Waals surface area contributed by atoms with Gasteiger partial charge in [0.2, 0.25) is 0 Å². The number of anilines is 1. The SMILES string of the molecule is O=C(Nc1ccc(S(=O)(=O)C(F)(F)F)cc1)c1cccc(-c2ccc(OC(F)F)cc2)c1. The van der Waals surface area contributed by atoms with Gasteiger partial charge in [0, 0.05) is 11.3 Å². The van der Waals surface area contributed by atoms with E-state index in [0.717, 1.165) is 24.3 Å². The second-order valence-corrected chi connectivity index (χ2v) is 8.35. The largest absolute Gasteiger partial charge is 0.501 e. The molecule has 0 heterocycles. The number of alkyl halides is 5. The van der Waals surface area contributed by atoms with Gasteiger partial charge in [-0.05, 0) is 59.7 Å². The minimum absolute atomic E-state index is 0.0198. The molecule has 3 aromatic carbocycles. The number of hydrogen-bond acceptors (Lipinski definition) is 4. The topological polar surface area (TPSA) is 72.5 Å². The van der Waals surface area contributed by atoms with E-state index < -0.39 is 32.8 Å². The molecule has 0 unspecified atom stereocenters. The van der Waals surface area contributed by atoms with Crippen LogP contribution in [-0.2, 0) is 9.84 Å². The van der Waals surface area contributed by atoms with Crippen LogP contribution in [-0.4, -0.2) is 26.4 Å². The number of nitrogens with one attached hydrogen (secondary N) is 1. The fraction of sp³-hybridized carbons (Fsp3) is 0.0952. The van der Waals surface area contributed by atoms with Crippen LogP contribution in [0.15, 0.2) is 77.7 Å². The monoisotopic (exact) mass is 471 g/mol. The Morgan fingerprint density at radius 1 is 0.875 bits per heavy atom. The second kappa shape index (κ2) is 8.95. The molecule has 0 saturated heterocycles. The molecule has 0 spiro atoms. The predicted octanol–water partition coefficient (Wildman–Crippen LogP) is 5.50. The highest BCUT2D eigenvalue weighted by Gasteiger charge is 2.46. The van der Waals surface area contributed by atoms with Gasteiger partial charge < -0.3 is 10.1 Å². The van der Waals surface area contributed by atoms with Crippen LogP contribution in [0, 0.1) is 0 Å². The fourth-order valence-electron chi connectivity index (χ4n) is 2.72. The summed E-state index contributed by atoms with van der Waals surface area (Å²) in [4.78, 5) is 11.6. The maximum atomic E-state index is 12.6. The molecule has 5 nitrogen and oxygen atoms in total. The van der Waals surface area contributed by atoms with Gasteiger partial charge in [0.1, 0.15) is 5.75 Å². The van der Waals surface area contributed by atoms with E-state index in [0.29, 0.717) is 11.1 Å². The van der Waals surface area contributed by atoms with Crippen molar-refractivity contribution < 1.29 is 39.9 Å². The van der Waals surface area contributed by atoms with E-state index in [1.54, 1.807) is 12.1 Å². The average molecular weight is 471 g/mol. The summed E-state index contributed by atoms with van der Waals surface area (Å²) in [5.41, 5.74) is -3.89. The van der Waals surface area contributed by atoms with Gasteiger partial charge in [-0.3, -0.25) is 4.79 Å². The minimum atomic E-state index is -5.48. The number of amides is 1. The van der Waals surface area contributed by atoms with Crippen LogP contribution >= 0.6 is 0 Å². The lowest BCUT2D eigenvalue weighted by atomic mass is 10.0. The summed E-state index contributed by atoms with van der Waals surface area (Å²) >= 11 is 0. The predicted molar refractivity (Wildman–Crippen MR) is 106 cm³/mol. The van der Waals surface area contributed by atoms with E-state index in [-0.39, 0.29) is 17.0 Å². The van der Waals surface area contributed by atoms with Crippen molar-refractivity contribution in [2.45, 2.75) is 17.0 Å². The average Bonchev–Trinajstić information content (AvgIpc) is 2.73. The molecule has 32 heavy (non-hydrogen) atoms. The van der Waals surface area contributed by atoms with Crippen molar-refractivity contribution in [2.75, 3.05) is 5.32 Å². The number of ether oxygens (including phenoxy) is 1. The highest BCUT2D eigenvalue weighted by Crippen LogP contribution is 2.31. The number of halogens is 5. The third kappa shape index (κ3) is 5.22. The van der Waals surface area contributed by atoms with Crippen LogP contribution in [0.4, 0.5) is 27.6 Å². The molecule has 11 heteroatoms. The normalized spacial score (nSPS) is 11.9. The van der Waals surface area contributed by atoms with Gasteiger partial charge in [0.05, 0.1) is 4.90 Å². The number of carbonyl (C=O) groups is 1. The molecule has 168 valence electrons. The van der Waals surface area contributed by atoms with E-state index in [2.05, 4.69) is 10.1 Å². The number of carbonyl (C=O) groups excluding carboxylic acids is 1. The van der Waals surface area contributed by atoms with Gasteiger partial charge in [-0.25, -0.2) is 8.42 Å². The zero-order chi connectivity index (χ0) is 23.5. The Labute approximate surface area is 179 Å². The molecule has 0 saturated carbocycles. The van der Waals surface area contributed by atoms with Gasteiger partial charge in [-0.2, -0.15) is 22.0 Å². The van der Waals surface area contributed by atoms with Gasteiger partial charge >= 0.3 is 12.1 Å². The summed E-state index contributed by atoms with van der Waals surface area (Å²) in [7, 11) is -5.48. The number of sulfone groups is 1. The molecule has 0 atom stereocenters. The summed E-state index contributed by atoms with van der Waals surface area (Å²) in [5, 5.41) is 2.47. The Hall–Kier alpha value is -3.47. The van der Waals surface area contributed by atoms with Crippen molar-refractivity contribution >= 4 is 21.4 Å². The van der Waals surface area contributed by atoms with Crippen molar-refractivity contribution in [2.24, 2.45) is 0 Å². The van der Waals surface area contributed by atoms with Gasteiger partial charge in [0.15, 0.2) is 0 Å². The molecule has 0 aromatic heterocycles. The summed E-state index contributed by atoms with van der Waals surface area (Å²) in [6.45, 7) is -2.95. The van der Waals surface area contributed by atoms with Gasteiger partial charge in [0.25, 0.3) is 15.7 Å². The molecular weight excluding hydrogens is 457 g/mol. The summed E-state index contributed by atoms with van der Waals surface area (Å²) < 4.78 is 89.4. The van der Waals surface area contributed by atoms with Crippen molar-refractivity contribution in [3.63, 3.8) is 0 Å². The van der Waals surface area contributed by atoms with E-state index >= 15 is 0 Å². The number of benzene rings is 3. The van der Waals surface area contributed by atoms with Crippen molar-refractivity contribution in [1.29, 1.82) is 0 Å². The molecule has 0 bridgehead atoms. The molecule has 3 aromatic rings. The molecule has 0 aliphatic heterocycles. The van der Waals surface area contributed by atoms with Gasteiger partial charge in [-0.15, -0.1) is 0 Å². The van der Waals surface area contributed by atoms with Crippen LogP contribution in [0.5, 0.6) is 5.75 Å². The zero-order valence-electron chi connectivity index (χ0n) is 15.9. The van der Waals surface area contributed by atoms with E-state index in [4.69, 9.17) is 0 Å². The summed E-state index contributed by atoms with van der Waals surface area (Å²) in [6.07, 6.45) is 0. The third-order valence-electron chi connectivity index (χ3n) is 4.26. The summed E-state index contributed by atoms with van der Waals surface area (Å²) in [6, 6.07) is 15.7. The fourth-order valence-corrected chi connectivity index (χ4v) is 3.48. The zero-order valence-corrected chi connectivity index (χ0v) is 16.8. The van der Waals surface area contributed by atoms with Gasteiger partial charge in [-0.1, -0.05) is 24.3 Å². The van der Waals surface area contributed by atoms with E-state index in [1.165, 1.54) is 36.4 Å². The third-order valence-corrected chi connectivity index (χ3v) is 5.77.